The van der Waals surface area contributed by atoms with Crippen molar-refractivity contribution in [2.75, 3.05) is 18.4 Å². The summed E-state index contributed by atoms with van der Waals surface area (Å²) in [6.07, 6.45) is 1.46. The minimum atomic E-state index is -0.425. The molecule has 1 aliphatic heterocycles. The van der Waals surface area contributed by atoms with Crippen LogP contribution < -0.4 is 10.6 Å². The number of amides is 2. The number of carbonyl (C=O) groups excluding carboxylic acids is 2. The lowest BCUT2D eigenvalue weighted by molar-refractivity contribution is -0.125. The van der Waals surface area contributed by atoms with Gasteiger partial charge in [-0.05, 0) is 43.7 Å². The largest absolute Gasteiger partial charge is 0.351 e. The topological polar surface area (TPSA) is 61.4 Å². The molecule has 0 saturated carbocycles. The summed E-state index contributed by atoms with van der Waals surface area (Å²) in [5, 5.41) is 6.34. The molecule has 1 saturated heterocycles. The quantitative estimate of drug-likeness (QED) is 0.741. The van der Waals surface area contributed by atoms with Gasteiger partial charge in [-0.2, -0.15) is 0 Å². The molecule has 0 unspecified atom stereocenters. The number of nitrogens with zero attached hydrogens (tertiary/aromatic N) is 1. The van der Waals surface area contributed by atoms with E-state index in [1.54, 1.807) is 36.4 Å². The second-order valence-electron chi connectivity index (χ2n) is 6.61. The molecule has 148 valence electrons. The van der Waals surface area contributed by atoms with E-state index in [4.69, 9.17) is 23.2 Å². The Balaban J connectivity index is 1.55. The molecule has 1 heterocycles. The van der Waals surface area contributed by atoms with Crippen molar-refractivity contribution < 1.29 is 14.0 Å². The number of rotatable bonds is 6. The van der Waals surface area contributed by atoms with Gasteiger partial charge in [0.15, 0.2) is 0 Å². The molecular formula is C20H20Cl2FN3O2. The van der Waals surface area contributed by atoms with E-state index in [9.17, 15) is 14.0 Å². The van der Waals surface area contributed by atoms with Crippen molar-refractivity contribution in [3.63, 3.8) is 0 Å². The van der Waals surface area contributed by atoms with Gasteiger partial charge < -0.3 is 10.6 Å². The Bertz CT molecular complexity index is 878. The highest BCUT2D eigenvalue weighted by atomic mass is 35.5. The van der Waals surface area contributed by atoms with Gasteiger partial charge in [0.1, 0.15) is 5.82 Å². The van der Waals surface area contributed by atoms with Crippen LogP contribution in [0.3, 0.4) is 0 Å². The summed E-state index contributed by atoms with van der Waals surface area (Å²) >= 11 is 12.0. The van der Waals surface area contributed by atoms with Crippen molar-refractivity contribution in [3.05, 3.63) is 63.9 Å². The molecule has 5 nitrogen and oxygen atoms in total. The third-order valence-electron chi connectivity index (χ3n) is 4.64. The van der Waals surface area contributed by atoms with Crippen molar-refractivity contribution in [1.29, 1.82) is 0 Å². The third kappa shape index (κ3) is 5.22. The van der Waals surface area contributed by atoms with Gasteiger partial charge in [-0.1, -0.05) is 41.4 Å². The van der Waals surface area contributed by atoms with Crippen LogP contribution in [-0.2, 0) is 16.1 Å². The summed E-state index contributed by atoms with van der Waals surface area (Å²) in [6, 6.07) is 10.7. The maximum Gasteiger partial charge on any atom is 0.241 e. The molecule has 3 rings (SSSR count). The molecule has 2 amide bonds. The Labute approximate surface area is 172 Å². The summed E-state index contributed by atoms with van der Waals surface area (Å²) in [7, 11) is 0. The van der Waals surface area contributed by atoms with Crippen LogP contribution in [0.1, 0.15) is 18.4 Å². The molecule has 1 fully saturated rings. The first-order valence-corrected chi connectivity index (χ1v) is 9.69. The molecule has 28 heavy (non-hydrogen) atoms. The smallest absolute Gasteiger partial charge is 0.241 e. The number of hydrogen-bond donors (Lipinski definition) is 2. The summed E-state index contributed by atoms with van der Waals surface area (Å²) < 4.78 is 13.6. The van der Waals surface area contributed by atoms with Crippen LogP contribution in [0.5, 0.6) is 0 Å². The highest BCUT2D eigenvalue weighted by Gasteiger charge is 2.32. The second-order valence-corrected chi connectivity index (χ2v) is 7.45. The number of benzene rings is 2. The molecule has 1 atom stereocenters. The van der Waals surface area contributed by atoms with E-state index < -0.39 is 6.04 Å². The fraction of sp³-hybridized carbons (Fsp3) is 0.300. The van der Waals surface area contributed by atoms with E-state index >= 15 is 0 Å². The summed E-state index contributed by atoms with van der Waals surface area (Å²) in [5.74, 6) is -0.836. The zero-order chi connectivity index (χ0) is 20.1. The number of halogens is 3. The van der Waals surface area contributed by atoms with Crippen molar-refractivity contribution >= 4 is 40.7 Å². The lowest BCUT2D eigenvalue weighted by Crippen LogP contribution is -2.44. The standard InChI is InChI=1S/C20H20Cl2FN3O2/c21-14-7-8-17(15(22)10-14)25-20(28)18-6-3-9-26(18)12-19(27)24-11-13-4-1-2-5-16(13)23/h1-2,4-5,7-8,10,18H,3,6,9,11-12H2,(H,24,27)(H,25,28)/t18-/m0/s1. The van der Waals surface area contributed by atoms with Crippen molar-refractivity contribution in [1.82, 2.24) is 10.2 Å². The van der Waals surface area contributed by atoms with Crippen LogP contribution in [0, 0.1) is 5.82 Å². The maximum atomic E-state index is 13.6. The van der Waals surface area contributed by atoms with Crippen LogP contribution in [0.25, 0.3) is 0 Å². The van der Waals surface area contributed by atoms with Gasteiger partial charge in [0.05, 0.1) is 23.3 Å². The summed E-state index contributed by atoms with van der Waals surface area (Å²) in [6.45, 7) is 0.817. The van der Waals surface area contributed by atoms with Gasteiger partial charge in [-0.3, -0.25) is 14.5 Å². The average Bonchev–Trinajstić information content (AvgIpc) is 3.11. The molecule has 8 heteroatoms. The summed E-state index contributed by atoms with van der Waals surface area (Å²) in [4.78, 5) is 26.7. The van der Waals surface area contributed by atoms with Crippen molar-refractivity contribution in [3.8, 4) is 0 Å². The van der Waals surface area contributed by atoms with Gasteiger partial charge in [-0.15, -0.1) is 0 Å². The summed E-state index contributed by atoms with van der Waals surface area (Å²) in [5.41, 5.74) is 0.899. The Hall–Kier alpha value is -2.15. The zero-order valence-corrected chi connectivity index (χ0v) is 16.6. The Morgan fingerprint density at radius 3 is 2.71 bits per heavy atom. The number of carbonyl (C=O) groups is 2. The Morgan fingerprint density at radius 1 is 1.18 bits per heavy atom. The lowest BCUT2D eigenvalue weighted by Gasteiger charge is -2.23. The molecular weight excluding hydrogens is 404 g/mol. The van der Waals surface area contributed by atoms with Crippen LogP contribution in [0.15, 0.2) is 42.5 Å². The minimum absolute atomic E-state index is 0.0703. The van der Waals surface area contributed by atoms with Crippen LogP contribution in [0.2, 0.25) is 10.0 Å². The molecule has 0 radical (unpaired) electrons. The molecule has 2 aromatic carbocycles. The van der Waals surface area contributed by atoms with Crippen LogP contribution >= 0.6 is 23.2 Å². The van der Waals surface area contributed by atoms with E-state index in [-0.39, 0.29) is 30.7 Å². The number of hydrogen-bond acceptors (Lipinski definition) is 3. The number of nitrogens with one attached hydrogen (secondary N) is 2. The van der Waals surface area contributed by atoms with Gasteiger partial charge in [-0.25, -0.2) is 4.39 Å². The highest BCUT2D eigenvalue weighted by Crippen LogP contribution is 2.26. The molecule has 1 aliphatic rings. The van der Waals surface area contributed by atoms with Crippen LogP contribution in [-0.4, -0.2) is 35.8 Å². The SMILES string of the molecule is O=C(CN1CCC[C@H]1C(=O)Nc1ccc(Cl)cc1Cl)NCc1ccccc1F. The highest BCUT2D eigenvalue weighted by molar-refractivity contribution is 6.36. The predicted octanol–water partition coefficient (Wildman–Crippen LogP) is 3.85. The maximum absolute atomic E-state index is 13.6. The molecule has 2 aromatic rings. The van der Waals surface area contributed by atoms with E-state index in [1.165, 1.54) is 6.07 Å². The fourth-order valence-corrected chi connectivity index (χ4v) is 3.65. The van der Waals surface area contributed by atoms with E-state index in [1.807, 2.05) is 4.90 Å². The van der Waals surface area contributed by atoms with Gasteiger partial charge >= 0.3 is 0 Å². The number of likely N-dealkylation sites (tertiary alicyclic amines) is 1. The van der Waals surface area contributed by atoms with Crippen molar-refractivity contribution in [2.45, 2.75) is 25.4 Å². The molecule has 0 bridgehead atoms. The fourth-order valence-electron chi connectivity index (χ4n) is 3.20. The zero-order valence-electron chi connectivity index (χ0n) is 15.1. The molecule has 2 N–H and O–H groups in total. The number of anilines is 1. The predicted molar refractivity (Wildman–Crippen MR) is 108 cm³/mol. The van der Waals surface area contributed by atoms with Gasteiger partial charge in [0.2, 0.25) is 11.8 Å². The van der Waals surface area contributed by atoms with E-state index in [0.29, 0.717) is 34.3 Å². The Kier molecular flexibility index (Phi) is 6.88. The first kappa shape index (κ1) is 20.6. The van der Waals surface area contributed by atoms with Crippen LogP contribution in [0.4, 0.5) is 10.1 Å². The van der Waals surface area contributed by atoms with Crippen molar-refractivity contribution in [2.24, 2.45) is 0 Å². The molecule has 0 aromatic heterocycles. The average molecular weight is 424 g/mol. The molecule has 0 aliphatic carbocycles. The van der Waals surface area contributed by atoms with Gasteiger partial charge in [0, 0.05) is 17.1 Å². The monoisotopic (exact) mass is 423 g/mol. The van der Waals surface area contributed by atoms with Gasteiger partial charge in [0.25, 0.3) is 0 Å². The lowest BCUT2D eigenvalue weighted by atomic mass is 10.2. The first-order chi connectivity index (χ1) is 13.4. The second kappa shape index (κ2) is 9.37. The normalized spacial score (nSPS) is 16.8. The first-order valence-electron chi connectivity index (χ1n) is 8.94. The van der Waals surface area contributed by atoms with E-state index in [0.717, 1.165) is 6.42 Å². The molecule has 0 spiro atoms. The van der Waals surface area contributed by atoms with E-state index in [2.05, 4.69) is 10.6 Å². The third-order valence-corrected chi connectivity index (χ3v) is 5.18. The minimum Gasteiger partial charge on any atom is -0.351 e. The Morgan fingerprint density at radius 2 is 1.96 bits per heavy atom.